The molecule has 0 radical (unpaired) electrons. The zero-order chi connectivity index (χ0) is 16.6. The summed E-state index contributed by atoms with van der Waals surface area (Å²) in [5.74, 6) is 1.46. The van der Waals surface area contributed by atoms with Crippen molar-refractivity contribution in [1.29, 1.82) is 0 Å². The van der Waals surface area contributed by atoms with E-state index in [1.807, 2.05) is 6.20 Å². The highest BCUT2D eigenvalue weighted by molar-refractivity contribution is 7.09. The minimum absolute atomic E-state index is 0.0139. The molecule has 0 aliphatic carbocycles. The van der Waals surface area contributed by atoms with Gasteiger partial charge in [-0.2, -0.15) is 0 Å². The molecule has 0 aromatic carbocycles. The molecule has 1 aliphatic heterocycles. The van der Waals surface area contributed by atoms with E-state index < -0.39 is 0 Å². The second-order valence-corrected chi connectivity index (χ2v) is 8.60. The largest absolute Gasteiger partial charge is 0.293 e. The van der Waals surface area contributed by atoms with Gasteiger partial charge in [0.05, 0.1) is 10.7 Å². The summed E-state index contributed by atoms with van der Waals surface area (Å²) < 4.78 is 0. The predicted molar refractivity (Wildman–Crippen MR) is 94.8 cm³/mol. The molecule has 0 N–H and O–H groups in total. The van der Waals surface area contributed by atoms with E-state index >= 15 is 0 Å². The van der Waals surface area contributed by atoms with Gasteiger partial charge in [-0.15, -0.1) is 11.3 Å². The van der Waals surface area contributed by atoms with Gasteiger partial charge in [-0.25, -0.2) is 15.0 Å². The Labute approximate surface area is 143 Å². The van der Waals surface area contributed by atoms with Crippen LogP contribution in [0.1, 0.15) is 68.3 Å². The average molecular weight is 331 g/mol. The van der Waals surface area contributed by atoms with Gasteiger partial charge < -0.3 is 0 Å². The second kappa shape index (κ2) is 6.29. The Kier molecular flexibility index (Phi) is 4.52. The minimum Gasteiger partial charge on any atom is -0.293 e. The molecule has 0 saturated heterocycles. The van der Waals surface area contributed by atoms with Crippen LogP contribution in [0.3, 0.4) is 0 Å². The summed E-state index contributed by atoms with van der Waals surface area (Å²) in [6.07, 6.45) is 3.03. The molecule has 4 nitrogen and oxygen atoms in total. The molecule has 0 spiro atoms. The summed E-state index contributed by atoms with van der Waals surface area (Å²) in [5.41, 5.74) is 3.69. The highest BCUT2D eigenvalue weighted by Crippen LogP contribution is 2.24. The van der Waals surface area contributed by atoms with Gasteiger partial charge in [0.2, 0.25) is 0 Å². The Hall–Kier alpha value is -1.33. The lowest BCUT2D eigenvalue weighted by atomic mass is 9.95. The number of rotatable bonds is 3. The number of hydrogen-bond acceptors (Lipinski definition) is 5. The van der Waals surface area contributed by atoms with Gasteiger partial charge in [-0.05, 0) is 0 Å². The van der Waals surface area contributed by atoms with E-state index in [1.165, 1.54) is 22.0 Å². The lowest BCUT2D eigenvalue weighted by Crippen LogP contribution is -2.32. The molecule has 1 aliphatic rings. The molecule has 0 saturated carbocycles. The number of thiazole rings is 1. The Morgan fingerprint density at radius 2 is 2.04 bits per heavy atom. The van der Waals surface area contributed by atoms with Crippen LogP contribution in [-0.4, -0.2) is 26.4 Å². The van der Waals surface area contributed by atoms with Gasteiger partial charge in [0.25, 0.3) is 0 Å². The second-order valence-electron chi connectivity index (χ2n) is 7.71. The van der Waals surface area contributed by atoms with E-state index in [0.717, 1.165) is 31.9 Å². The van der Waals surface area contributed by atoms with Crippen molar-refractivity contribution in [3.63, 3.8) is 0 Å². The summed E-state index contributed by atoms with van der Waals surface area (Å²) in [5, 5.41) is 3.43. The van der Waals surface area contributed by atoms with E-state index in [1.54, 1.807) is 11.3 Å². The number of hydrogen-bond donors (Lipinski definition) is 0. The summed E-state index contributed by atoms with van der Waals surface area (Å²) >= 11 is 1.77. The van der Waals surface area contributed by atoms with Gasteiger partial charge in [-0.1, -0.05) is 34.6 Å². The molecule has 0 amide bonds. The van der Waals surface area contributed by atoms with Crippen molar-refractivity contribution >= 4 is 11.3 Å². The van der Waals surface area contributed by atoms with Crippen molar-refractivity contribution in [2.75, 3.05) is 6.54 Å². The average Bonchev–Trinajstić information content (AvgIpc) is 2.94. The number of nitrogens with zero attached hydrogens (tertiary/aromatic N) is 4. The monoisotopic (exact) mass is 330 g/mol. The first-order valence-electron chi connectivity index (χ1n) is 8.35. The number of fused-ring (bicyclic) bond motifs is 1. The molecular formula is C18H26N4S. The van der Waals surface area contributed by atoms with E-state index in [9.17, 15) is 0 Å². The zero-order valence-electron chi connectivity index (χ0n) is 14.8. The van der Waals surface area contributed by atoms with Crippen molar-refractivity contribution in [2.45, 2.75) is 65.5 Å². The van der Waals surface area contributed by atoms with Gasteiger partial charge >= 0.3 is 0 Å². The summed E-state index contributed by atoms with van der Waals surface area (Å²) in [4.78, 5) is 16.6. The first-order chi connectivity index (χ1) is 10.8. The molecule has 2 aromatic rings. The fourth-order valence-electron chi connectivity index (χ4n) is 2.76. The third-order valence-corrected chi connectivity index (χ3v) is 5.33. The fraction of sp³-hybridized carbons (Fsp3) is 0.611. The SMILES string of the molecule is CC(C)c1nc(CN2CCc3nc(C(C)(C)C)ncc3C2)cs1. The minimum atomic E-state index is 0.0139. The Morgan fingerprint density at radius 3 is 2.70 bits per heavy atom. The first-order valence-corrected chi connectivity index (χ1v) is 9.23. The summed E-state index contributed by atoms with van der Waals surface area (Å²) in [6, 6.07) is 0. The van der Waals surface area contributed by atoms with E-state index in [0.29, 0.717) is 5.92 Å². The topological polar surface area (TPSA) is 41.9 Å². The zero-order valence-corrected chi connectivity index (χ0v) is 15.6. The molecule has 0 unspecified atom stereocenters. The van der Waals surface area contributed by atoms with Crippen molar-refractivity contribution in [3.8, 4) is 0 Å². The maximum Gasteiger partial charge on any atom is 0.133 e. The maximum absolute atomic E-state index is 4.80. The van der Waals surface area contributed by atoms with Crippen molar-refractivity contribution in [1.82, 2.24) is 19.9 Å². The van der Waals surface area contributed by atoms with Crippen LogP contribution in [0.15, 0.2) is 11.6 Å². The molecule has 5 heteroatoms. The van der Waals surface area contributed by atoms with Gasteiger partial charge in [0.1, 0.15) is 5.82 Å². The van der Waals surface area contributed by atoms with E-state index in [2.05, 4.69) is 49.9 Å². The molecule has 2 aromatic heterocycles. The molecule has 0 atom stereocenters. The predicted octanol–water partition coefficient (Wildman–Crippen LogP) is 3.91. The summed E-state index contributed by atoms with van der Waals surface area (Å²) in [7, 11) is 0. The third kappa shape index (κ3) is 3.78. The van der Waals surface area contributed by atoms with Gasteiger partial charge in [0.15, 0.2) is 0 Å². The lowest BCUT2D eigenvalue weighted by Gasteiger charge is -2.28. The molecule has 124 valence electrons. The van der Waals surface area contributed by atoms with Crippen LogP contribution >= 0.6 is 11.3 Å². The van der Waals surface area contributed by atoms with E-state index in [-0.39, 0.29) is 5.41 Å². The van der Waals surface area contributed by atoms with Gasteiger partial charge in [-0.3, -0.25) is 4.90 Å². The standard InChI is InChI=1S/C18H26N4S/c1-12(2)16-20-14(11-23-16)10-22-7-6-15-13(9-22)8-19-17(21-15)18(3,4)5/h8,11-12H,6-7,9-10H2,1-5H3. The third-order valence-electron chi connectivity index (χ3n) is 4.13. The molecule has 23 heavy (non-hydrogen) atoms. The van der Waals surface area contributed by atoms with E-state index in [4.69, 9.17) is 9.97 Å². The fourth-order valence-corrected chi connectivity index (χ4v) is 3.59. The smallest absolute Gasteiger partial charge is 0.133 e. The Morgan fingerprint density at radius 1 is 1.26 bits per heavy atom. The van der Waals surface area contributed by atoms with Crippen LogP contribution in [0.4, 0.5) is 0 Å². The Balaban J connectivity index is 1.70. The van der Waals surface area contributed by atoms with Crippen LogP contribution in [0.25, 0.3) is 0 Å². The number of aromatic nitrogens is 3. The van der Waals surface area contributed by atoms with Crippen LogP contribution in [0, 0.1) is 0 Å². The van der Waals surface area contributed by atoms with Gasteiger partial charge in [0, 0.05) is 60.2 Å². The summed E-state index contributed by atoms with van der Waals surface area (Å²) in [6.45, 7) is 13.8. The molecular weight excluding hydrogens is 304 g/mol. The Bertz CT molecular complexity index is 685. The van der Waals surface area contributed by atoms with Crippen LogP contribution in [-0.2, 0) is 24.9 Å². The quantitative estimate of drug-likeness (QED) is 0.855. The van der Waals surface area contributed by atoms with Crippen molar-refractivity contribution < 1.29 is 0 Å². The highest BCUT2D eigenvalue weighted by atomic mass is 32.1. The maximum atomic E-state index is 4.80. The molecule has 3 heterocycles. The van der Waals surface area contributed by atoms with Crippen molar-refractivity contribution in [3.05, 3.63) is 39.4 Å². The van der Waals surface area contributed by atoms with Crippen LogP contribution < -0.4 is 0 Å². The molecule has 3 rings (SSSR count). The lowest BCUT2D eigenvalue weighted by molar-refractivity contribution is 0.239. The normalized spacial score (nSPS) is 15.9. The van der Waals surface area contributed by atoms with Crippen molar-refractivity contribution in [2.24, 2.45) is 0 Å². The first kappa shape index (κ1) is 16.5. The highest BCUT2D eigenvalue weighted by Gasteiger charge is 2.23. The van der Waals surface area contributed by atoms with Crippen LogP contribution in [0.2, 0.25) is 0 Å². The molecule has 0 fully saturated rings. The molecule has 0 bridgehead atoms. The van der Waals surface area contributed by atoms with Crippen LogP contribution in [0.5, 0.6) is 0 Å².